The molecule has 22 heavy (non-hydrogen) atoms. The van der Waals surface area contributed by atoms with Crippen molar-refractivity contribution in [2.45, 2.75) is 25.7 Å². The third kappa shape index (κ3) is 3.57. The molecule has 0 aliphatic rings. The number of halogens is 1. The summed E-state index contributed by atoms with van der Waals surface area (Å²) in [6.45, 7) is 7.37. The Labute approximate surface area is 143 Å². The van der Waals surface area contributed by atoms with E-state index in [9.17, 15) is 4.79 Å². The summed E-state index contributed by atoms with van der Waals surface area (Å²) in [5, 5.41) is 6.17. The molecule has 0 aliphatic carbocycles. The first kappa shape index (κ1) is 18.8. The average molecular weight is 339 g/mol. The number of benzene rings is 2. The number of anilines is 1. The Kier molecular flexibility index (Phi) is 7.20. The van der Waals surface area contributed by atoms with Crippen molar-refractivity contribution in [3.63, 3.8) is 0 Å². The van der Waals surface area contributed by atoms with Crippen molar-refractivity contribution >= 4 is 46.5 Å². The molecule has 0 heterocycles. The van der Waals surface area contributed by atoms with Gasteiger partial charge in [-0.25, -0.2) is 10.0 Å². The van der Waals surface area contributed by atoms with E-state index in [1.165, 1.54) is 0 Å². The molecule has 3 nitrogen and oxygen atoms in total. The van der Waals surface area contributed by atoms with Crippen LogP contribution in [0.3, 0.4) is 0 Å². The highest BCUT2D eigenvalue weighted by Gasteiger charge is 2.22. The minimum Gasteiger partial charge on any atom is -0.273 e. The molecule has 2 aromatic rings. The quantitative estimate of drug-likeness (QED) is 0.588. The van der Waals surface area contributed by atoms with Crippen molar-refractivity contribution in [3.05, 3.63) is 36.4 Å². The molecule has 0 N–H and O–H groups in total. The van der Waals surface area contributed by atoms with Crippen LogP contribution in [0.4, 0.5) is 5.69 Å². The van der Waals surface area contributed by atoms with Gasteiger partial charge in [-0.15, -0.1) is 24.2 Å². The molecule has 0 aromatic heterocycles. The molecule has 2 aromatic carbocycles. The van der Waals surface area contributed by atoms with Gasteiger partial charge in [-0.3, -0.25) is 4.79 Å². The molecule has 0 atom stereocenters. The number of rotatable bonds is 5. The van der Waals surface area contributed by atoms with Gasteiger partial charge in [-0.1, -0.05) is 44.2 Å². The molecule has 1 amide bonds. The zero-order valence-corrected chi connectivity index (χ0v) is 15.1. The van der Waals surface area contributed by atoms with Crippen LogP contribution < -0.4 is 5.01 Å². The highest BCUT2D eigenvalue weighted by molar-refractivity contribution is 7.98. The Hall–Kier alpha value is -1.23. The van der Waals surface area contributed by atoms with Crippen molar-refractivity contribution < 1.29 is 4.79 Å². The van der Waals surface area contributed by atoms with E-state index in [0.29, 0.717) is 0 Å². The highest BCUT2D eigenvalue weighted by atomic mass is 35.5. The molecule has 0 fully saturated rings. The third-order valence-corrected chi connectivity index (χ3v) is 4.38. The molecular formula is C17H23ClN2OS. The van der Waals surface area contributed by atoms with Gasteiger partial charge in [0.15, 0.2) is 0 Å². The van der Waals surface area contributed by atoms with Gasteiger partial charge in [0.2, 0.25) is 5.91 Å². The predicted octanol–water partition coefficient (Wildman–Crippen LogP) is 4.59. The van der Waals surface area contributed by atoms with E-state index in [1.54, 1.807) is 18.7 Å². The summed E-state index contributed by atoms with van der Waals surface area (Å²) < 4.78 is 0. The van der Waals surface area contributed by atoms with E-state index in [1.807, 2.05) is 23.4 Å². The van der Waals surface area contributed by atoms with Crippen molar-refractivity contribution in [3.8, 4) is 0 Å². The Bertz CT molecular complexity index is 644. The topological polar surface area (TPSA) is 23.6 Å². The zero-order chi connectivity index (χ0) is 15.4. The summed E-state index contributed by atoms with van der Waals surface area (Å²) in [4.78, 5) is 13.4. The van der Waals surface area contributed by atoms with Crippen LogP contribution in [0.5, 0.6) is 0 Å². The predicted molar refractivity (Wildman–Crippen MR) is 99.1 cm³/mol. The van der Waals surface area contributed by atoms with Crippen LogP contribution in [0.1, 0.15) is 20.8 Å². The normalized spacial score (nSPS) is 10.6. The summed E-state index contributed by atoms with van der Waals surface area (Å²) in [5.74, 6) is 0.0466. The van der Waals surface area contributed by atoms with Crippen LogP contribution in [0.2, 0.25) is 0 Å². The van der Waals surface area contributed by atoms with Crippen LogP contribution in [0.25, 0.3) is 10.8 Å². The maximum absolute atomic E-state index is 12.3. The summed E-state index contributed by atoms with van der Waals surface area (Å²) in [5.41, 5.74) is 0.997. The lowest BCUT2D eigenvalue weighted by molar-refractivity contribution is -0.119. The molecule has 0 aliphatic heterocycles. The number of fused-ring (bicyclic) bond motifs is 1. The second-order valence-corrected chi connectivity index (χ2v) is 5.66. The van der Waals surface area contributed by atoms with E-state index in [2.05, 4.69) is 43.1 Å². The first-order valence-corrected chi connectivity index (χ1v) is 8.47. The maximum Gasteiger partial charge on any atom is 0.238 e. The molecule has 2 rings (SSSR count). The minimum absolute atomic E-state index is 0. The number of hydrazine groups is 1. The highest BCUT2D eigenvalue weighted by Crippen LogP contribution is 2.37. The molecule has 5 heteroatoms. The first-order chi connectivity index (χ1) is 10.1. The van der Waals surface area contributed by atoms with E-state index in [-0.39, 0.29) is 18.3 Å². The van der Waals surface area contributed by atoms with Gasteiger partial charge in [0.25, 0.3) is 0 Å². The van der Waals surface area contributed by atoms with E-state index in [0.717, 1.165) is 34.4 Å². The second-order valence-electron chi connectivity index (χ2n) is 4.81. The SMILES string of the molecule is CCN(CC)N(C(C)=O)c1c(SC)ccc2ccccc12.Cl. The zero-order valence-electron chi connectivity index (χ0n) is 13.5. The molecular weight excluding hydrogens is 316 g/mol. The molecule has 0 saturated heterocycles. The number of nitrogens with zero attached hydrogens (tertiary/aromatic N) is 2. The van der Waals surface area contributed by atoms with Crippen molar-refractivity contribution in [1.82, 2.24) is 5.01 Å². The smallest absolute Gasteiger partial charge is 0.238 e. The maximum atomic E-state index is 12.3. The van der Waals surface area contributed by atoms with Gasteiger partial charge >= 0.3 is 0 Å². The Balaban J connectivity index is 0.00000242. The third-order valence-electron chi connectivity index (χ3n) is 3.61. The molecule has 0 saturated carbocycles. The lowest BCUT2D eigenvalue weighted by Crippen LogP contribution is -2.46. The number of carbonyl (C=O) groups is 1. The largest absolute Gasteiger partial charge is 0.273 e. The lowest BCUT2D eigenvalue weighted by Gasteiger charge is -2.34. The van der Waals surface area contributed by atoms with E-state index < -0.39 is 0 Å². The molecule has 0 unspecified atom stereocenters. The summed E-state index contributed by atoms with van der Waals surface area (Å²) in [7, 11) is 0. The average Bonchev–Trinajstić information content (AvgIpc) is 2.51. The van der Waals surface area contributed by atoms with Gasteiger partial charge in [-0.05, 0) is 17.7 Å². The Morgan fingerprint density at radius 3 is 2.27 bits per heavy atom. The Morgan fingerprint density at radius 2 is 1.73 bits per heavy atom. The summed E-state index contributed by atoms with van der Waals surface area (Å²) >= 11 is 1.67. The number of amides is 1. The fourth-order valence-electron chi connectivity index (χ4n) is 2.62. The minimum atomic E-state index is 0. The van der Waals surface area contributed by atoms with Crippen LogP contribution >= 0.6 is 24.2 Å². The second kappa shape index (κ2) is 8.42. The lowest BCUT2D eigenvalue weighted by atomic mass is 10.1. The van der Waals surface area contributed by atoms with Crippen molar-refractivity contribution in [2.75, 3.05) is 24.4 Å². The monoisotopic (exact) mass is 338 g/mol. The van der Waals surface area contributed by atoms with Gasteiger partial charge < -0.3 is 0 Å². The van der Waals surface area contributed by atoms with E-state index >= 15 is 0 Å². The Morgan fingerprint density at radius 1 is 1.09 bits per heavy atom. The first-order valence-electron chi connectivity index (χ1n) is 7.25. The summed E-state index contributed by atoms with van der Waals surface area (Å²) in [6, 6.07) is 12.4. The van der Waals surface area contributed by atoms with Crippen molar-refractivity contribution in [2.24, 2.45) is 0 Å². The molecule has 0 radical (unpaired) electrons. The number of carbonyl (C=O) groups excluding carboxylic acids is 1. The van der Waals surface area contributed by atoms with Crippen LogP contribution in [-0.2, 0) is 4.79 Å². The van der Waals surface area contributed by atoms with Gasteiger partial charge in [0, 0.05) is 30.3 Å². The summed E-state index contributed by atoms with van der Waals surface area (Å²) in [6.07, 6.45) is 2.05. The van der Waals surface area contributed by atoms with Crippen LogP contribution in [-0.4, -0.2) is 30.3 Å². The number of hydrogen-bond acceptors (Lipinski definition) is 3. The van der Waals surface area contributed by atoms with E-state index in [4.69, 9.17) is 0 Å². The number of hydrogen-bond donors (Lipinski definition) is 0. The fraction of sp³-hybridized carbons (Fsp3) is 0.353. The van der Waals surface area contributed by atoms with Crippen LogP contribution in [0, 0.1) is 0 Å². The molecule has 120 valence electrons. The van der Waals surface area contributed by atoms with Gasteiger partial charge in [0.1, 0.15) is 0 Å². The van der Waals surface area contributed by atoms with Gasteiger partial charge in [0.05, 0.1) is 5.69 Å². The van der Waals surface area contributed by atoms with Gasteiger partial charge in [-0.2, -0.15) is 0 Å². The van der Waals surface area contributed by atoms with Crippen LogP contribution in [0.15, 0.2) is 41.3 Å². The number of thioether (sulfide) groups is 1. The molecule has 0 bridgehead atoms. The molecule has 0 spiro atoms. The standard InChI is InChI=1S/C17H22N2OS.ClH/c1-5-18(6-2)19(13(3)20)17-15-10-8-7-9-14(15)11-12-16(17)21-4;/h7-12H,5-6H2,1-4H3;1H. The van der Waals surface area contributed by atoms with Crippen molar-refractivity contribution in [1.29, 1.82) is 0 Å². The fourth-order valence-corrected chi connectivity index (χ4v) is 3.22.